The van der Waals surface area contributed by atoms with Gasteiger partial charge in [-0.3, -0.25) is 9.59 Å². The van der Waals surface area contributed by atoms with Crippen LogP contribution in [0.3, 0.4) is 0 Å². The topological polar surface area (TPSA) is 53.8 Å². The minimum Gasteiger partial charge on any atom is -0.472 e. The summed E-state index contributed by atoms with van der Waals surface area (Å²) in [6.07, 6.45) is 2.95. The Morgan fingerprint density at radius 2 is 1.40 bits per heavy atom. The molecule has 4 rings (SSSR count). The van der Waals surface area contributed by atoms with Gasteiger partial charge in [-0.15, -0.1) is 0 Å². The third kappa shape index (κ3) is 3.01. The second-order valence-corrected chi connectivity index (χ2v) is 6.16. The number of rotatable bonds is 2. The summed E-state index contributed by atoms with van der Waals surface area (Å²) in [6.45, 7) is 2.14. The molecule has 0 spiro atoms. The van der Waals surface area contributed by atoms with Crippen LogP contribution in [0.2, 0.25) is 0 Å². The fourth-order valence-corrected chi connectivity index (χ4v) is 3.19. The van der Waals surface area contributed by atoms with Gasteiger partial charge >= 0.3 is 0 Å². The molecule has 1 fully saturated rings. The van der Waals surface area contributed by atoms with Crippen molar-refractivity contribution in [2.75, 3.05) is 26.2 Å². The van der Waals surface area contributed by atoms with E-state index >= 15 is 0 Å². The number of carbonyl (C=O) groups excluding carboxylic acids is 2. The summed E-state index contributed by atoms with van der Waals surface area (Å²) in [7, 11) is 0. The zero-order valence-electron chi connectivity index (χ0n) is 13.7. The molecule has 0 saturated carbocycles. The number of benzene rings is 2. The van der Waals surface area contributed by atoms with Gasteiger partial charge in [-0.05, 0) is 29.0 Å². The molecule has 126 valence electrons. The van der Waals surface area contributed by atoms with Crippen LogP contribution in [0.4, 0.5) is 0 Å². The monoisotopic (exact) mass is 334 g/mol. The summed E-state index contributed by atoms with van der Waals surface area (Å²) >= 11 is 0. The summed E-state index contributed by atoms with van der Waals surface area (Å²) in [5, 5.41) is 2.18. The number of carbonyl (C=O) groups is 2. The normalized spacial score (nSPS) is 14.7. The van der Waals surface area contributed by atoms with Crippen LogP contribution >= 0.6 is 0 Å². The van der Waals surface area contributed by atoms with Crippen LogP contribution in [0.1, 0.15) is 20.7 Å². The van der Waals surface area contributed by atoms with Crippen molar-refractivity contribution in [1.82, 2.24) is 9.80 Å². The maximum absolute atomic E-state index is 12.8. The summed E-state index contributed by atoms with van der Waals surface area (Å²) in [6, 6.07) is 15.4. The van der Waals surface area contributed by atoms with Crippen LogP contribution in [0, 0.1) is 0 Å². The average Bonchev–Trinajstić information content (AvgIpc) is 3.21. The van der Waals surface area contributed by atoms with Crippen molar-refractivity contribution in [1.29, 1.82) is 0 Å². The lowest BCUT2D eigenvalue weighted by molar-refractivity contribution is 0.0535. The third-order valence-electron chi connectivity index (χ3n) is 4.62. The van der Waals surface area contributed by atoms with Crippen LogP contribution in [0.15, 0.2) is 65.5 Å². The van der Waals surface area contributed by atoms with Crippen LogP contribution < -0.4 is 0 Å². The zero-order valence-corrected chi connectivity index (χ0v) is 13.7. The summed E-state index contributed by atoms with van der Waals surface area (Å²) in [5.41, 5.74) is 1.24. The summed E-state index contributed by atoms with van der Waals surface area (Å²) in [4.78, 5) is 28.6. The molecule has 1 aliphatic rings. The van der Waals surface area contributed by atoms with E-state index in [1.807, 2.05) is 47.4 Å². The molecule has 25 heavy (non-hydrogen) atoms. The van der Waals surface area contributed by atoms with Crippen LogP contribution in [0.25, 0.3) is 10.8 Å². The number of amides is 2. The highest BCUT2D eigenvalue weighted by molar-refractivity contribution is 5.99. The number of fused-ring (bicyclic) bond motifs is 1. The highest BCUT2D eigenvalue weighted by Gasteiger charge is 2.25. The van der Waals surface area contributed by atoms with Crippen molar-refractivity contribution >= 4 is 22.6 Å². The number of piperazine rings is 1. The van der Waals surface area contributed by atoms with Crippen LogP contribution in [0.5, 0.6) is 0 Å². The predicted molar refractivity (Wildman–Crippen MR) is 94.5 cm³/mol. The molecule has 2 aromatic carbocycles. The minimum absolute atomic E-state index is 0.0150. The van der Waals surface area contributed by atoms with Crippen molar-refractivity contribution in [3.8, 4) is 0 Å². The first kappa shape index (κ1) is 15.4. The lowest BCUT2D eigenvalue weighted by Crippen LogP contribution is -2.50. The fraction of sp³-hybridized carbons (Fsp3) is 0.200. The van der Waals surface area contributed by atoms with Gasteiger partial charge < -0.3 is 14.2 Å². The van der Waals surface area contributed by atoms with E-state index in [4.69, 9.17) is 4.42 Å². The van der Waals surface area contributed by atoms with E-state index in [1.54, 1.807) is 11.0 Å². The second kappa shape index (κ2) is 6.43. The van der Waals surface area contributed by atoms with E-state index in [-0.39, 0.29) is 11.8 Å². The highest BCUT2D eigenvalue weighted by Crippen LogP contribution is 2.18. The average molecular weight is 334 g/mol. The maximum atomic E-state index is 12.8. The number of nitrogens with zero attached hydrogens (tertiary/aromatic N) is 2. The smallest absolute Gasteiger partial charge is 0.257 e. The fourth-order valence-electron chi connectivity index (χ4n) is 3.19. The zero-order chi connectivity index (χ0) is 17.2. The maximum Gasteiger partial charge on any atom is 0.257 e. The van der Waals surface area contributed by atoms with Crippen LogP contribution in [-0.2, 0) is 0 Å². The van der Waals surface area contributed by atoms with Crippen molar-refractivity contribution in [3.63, 3.8) is 0 Å². The second-order valence-electron chi connectivity index (χ2n) is 6.16. The van der Waals surface area contributed by atoms with Gasteiger partial charge in [-0.2, -0.15) is 0 Å². The highest BCUT2D eigenvalue weighted by atomic mass is 16.3. The van der Waals surface area contributed by atoms with Gasteiger partial charge in [0.1, 0.15) is 6.26 Å². The summed E-state index contributed by atoms with van der Waals surface area (Å²) in [5.74, 6) is -0.0345. The molecular formula is C20H18N2O3. The molecule has 0 unspecified atom stereocenters. The molecule has 5 heteroatoms. The Hall–Kier alpha value is -3.08. The van der Waals surface area contributed by atoms with Crippen molar-refractivity contribution in [2.45, 2.75) is 0 Å². The number of hydrogen-bond donors (Lipinski definition) is 0. The van der Waals surface area contributed by atoms with Gasteiger partial charge in [0, 0.05) is 31.7 Å². The lowest BCUT2D eigenvalue weighted by atomic mass is 10.1. The van der Waals surface area contributed by atoms with E-state index in [9.17, 15) is 9.59 Å². The first-order chi connectivity index (χ1) is 12.2. The third-order valence-corrected chi connectivity index (χ3v) is 4.62. The Morgan fingerprint density at radius 3 is 2.04 bits per heavy atom. The Bertz CT molecular complexity index is 910. The van der Waals surface area contributed by atoms with Gasteiger partial charge in [0.2, 0.25) is 0 Å². The summed E-state index contributed by atoms with van der Waals surface area (Å²) < 4.78 is 4.97. The quantitative estimate of drug-likeness (QED) is 0.724. The molecule has 0 atom stereocenters. The molecule has 0 N–H and O–H groups in total. The number of furan rings is 1. The molecule has 3 aromatic rings. The van der Waals surface area contributed by atoms with E-state index in [2.05, 4.69) is 0 Å². The molecule has 2 amide bonds. The molecule has 1 saturated heterocycles. The lowest BCUT2D eigenvalue weighted by Gasteiger charge is -2.34. The van der Waals surface area contributed by atoms with E-state index < -0.39 is 0 Å². The van der Waals surface area contributed by atoms with Gasteiger partial charge in [0.05, 0.1) is 11.8 Å². The molecule has 1 aliphatic heterocycles. The van der Waals surface area contributed by atoms with Crippen molar-refractivity contribution < 1.29 is 14.0 Å². The van der Waals surface area contributed by atoms with Crippen molar-refractivity contribution in [3.05, 3.63) is 72.2 Å². The SMILES string of the molecule is O=C(c1ccoc1)N1CCN(C(=O)c2ccc3ccccc3c2)CC1. The Morgan fingerprint density at radius 1 is 0.760 bits per heavy atom. The molecule has 0 radical (unpaired) electrons. The van der Waals surface area contributed by atoms with Crippen LogP contribution in [-0.4, -0.2) is 47.8 Å². The first-order valence-electron chi connectivity index (χ1n) is 8.32. The van der Waals surface area contributed by atoms with Gasteiger partial charge in [0.15, 0.2) is 0 Å². The van der Waals surface area contributed by atoms with E-state index in [1.165, 1.54) is 12.5 Å². The Kier molecular flexibility index (Phi) is 3.98. The Labute approximate surface area is 145 Å². The molecular weight excluding hydrogens is 316 g/mol. The van der Waals surface area contributed by atoms with Crippen molar-refractivity contribution in [2.24, 2.45) is 0 Å². The Balaban J connectivity index is 1.44. The molecule has 2 heterocycles. The molecule has 1 aromatic heterocycles. The van der Waals surface area contributed by atoms with E-state index in [0.29, 0.717) is 37.3 Å². The van der Waals surface area contributed by atoms with Gasteiger partial charge in [0.25, 0.3) is 11.8 Å². The molecule has 5 nitrogen and oxygen atoms in total. The van der Waals surface area contributed by atoms with Gasteiger partial charge in [-0.25, -0.2) is 0 Å². The standard InChI is InChI=1S/C20H18N2O3/c23-19(17-6-5-15-3-1-2-4-16(15)13-17)21-8-10-22(11-9-21)20(24)18-7-12-25-14-18/h1-7,12-14H,8-11H2. The number of hydrogen-bond acceptors (Lipinski definition) is 3. The predicted octanol–water partition coefficient (Wildman–Crippen LogP) is 3.03. The molecule has 0 aliphatic carbocycles. The first-order valence-corrected chi connectivity index (χ1v) is 8.32. The van der Waals surface area contributed by atoms with Gasteiger partial charge in [-0.1, -0.05) is 30.3 Å². The minimum atomic E-state index is -0.0495. The molecule has 0 bridgehead atoms. The van der Waals surface area contributed by atoms with E-state index in [0.717, 1.165) is 10.8 Å². The largest absolute Gasteiger partial charge is 0.472 e.